The first-order valence-electron chi connectivity index (χ1n) is 7.33. The summed E-state index contributed by atoms with van der Waals surface area (Å²) in [6.07, 6.45) is 0. The maximum absolute atomic E-state index is 6.00. The summed E-state index contributed by atoms with van der Waals surface area (Å²) < 4.78 is 5.39. The maximum Gasteiger partial charge on any atom is 0.136 e. The molecule has 0 radical (unpaired) electrons. The van der Waals surface area contributed by atoms with Crippen molar-refractivity contribution in [2.45, 2.75) is 13.8 Å². The second kappa shape index (κ2) is 6.50. The molecule has 5 nitrogen and oxygen atoms in total. The van der Waals surface area contributed by atoms with Crippen molar-refractivity contribution in [2.75, 3.05) is 36.5 Å². The molecule has 0 saturated carbocycles. The summed E-state index contributed by atoms with van der Waals surface area (Å²) >= 11 is 6.00. The first-order valence-corrected chi connectivity index (χ1v) is 7.71. The summed E-state index contributed by atoms with van der Waals surface area (Å²) in [4.78, 5) is 11.2. The van der Waals surface area contributed by atoms with Crippen LogP contribution in [0.3, 0.4) is 0 Å². The number of nitrogens with one attached hydrogen (secondary N) is 1. The number of hydrogen-bond acceptors (Lipinski definition) is 5. The summed E-state index contributed by atoms with van der Waals surface area (Å²) in [6, 6.07) is 7.74. The topological polar surface area (TPSA) is 50.3 Å². The molecule has 0 bridgehead atoms. The molecule has 1 saturated heterocycles. The third kappa shape index (κ3) is 3.48. The molecule has 1 aromatic carbocycles. The highest BCUT2D eigenvalue weighted by molar-refractivity contribution is 6.30. The van der Waals surface area contributed by atoms with Crippen LogP contribution >= 0.6 is 11.6 Å². The number of nitrogens with zero attached hydrogens (tertiary/aromatic N) is 3. The smallest absolute Gasteiger partial charge is 0.136 e. The number of aromatic nitrogens is 2. The Morgan fingerprint density at radius 2 is 1.91 bits per heavy atom. The van der Waals surface area contributed by atoms with Crippen molar-refractivity contribution in [1.29, 1.82) is 0 Å². The van der Waals surface area contributed by atoms with Crippen molar-refractivity contribution in [1.82, 2.24) is 9.97 Å². The third-order valence-corrected chi connectivity index (χ3v) is 3.85. The average Bonchev–Trinajstić information content (AvgIpc) is 2.50. The van der Waals surface area contributed by atoms with Gasteiger partial charge in [0, 0.05) is 29.9 Å². The molecule has 1 N–H and O–H groups in total. The zero-order valence-electron chi connectivity index (χ0n) is 12.8. The normalized spacial score (nSPS) is 15.0. The van der Waals surface area contributed by atoms with E-state index in [1.54, 1.807) is 0 Å². The van der Waals surface area contributed by atoms with E-state index >= 15 is 0 Å². The number of ether oxygens (including phenoxy) is 1. The lowest BCUT2D eigenvalue weighted by atomic mass is 10.2. The van der Waals surface area contributed by atoms with E-state index in [0.29, 0.717) is 0 Å². The zero-order chi connectivity index (χ0) is 15.5. The lowest BCUT2D eigenvalue weighted by molar-refractivity contribution is 0.122. The Balaban J connectivity index is 1.85. The fourth-order valence-corrected chi connectivity index (χ4v) is 2.70. The van der Waals surface area contributed by atoms with Crippen molar-refractivity contribution < 1.29 is 4.74 Å². The van der Waals surface area contributed by atoms with Crippen molar-refractivity contribution in [3.63, 3.8) is 0 Å². The van der Waals surface area contributed by atoms with Crippen molar-refractivity contribution in [3.8, 4) is 0 Å². The van der Waals surface area contributed by atoms with E-state index in [1.165, 1.54) is 0 Å². The van der Waals surface area contributed by atoms with Crippen molar-refractivity contribution in [2.24, 2.45) is 0 Å². The van der Waals surface area contributed by atoms with E-state index in [9.17, 15) is 0 Å². The molecule has 0 aliphatic carbocycles. The molecular formula is C16H19ClN4O. The summed E-state index contributed by atoms with van der Waals surface area (Å²) in [6.45, 7) is 7.12. The minimum Gasteiger partial charge on any atom is -0.378 e. The second-order valence-corrected chi connectivity index (χ2v) is 5.78. The van der Waals surface area contributed by atoms with Gasteiger partial charge in [-0.05, 0) is 37.6 Å². The van der Waals surface area contributed by atoms with Crippen molar-refractivity contribution in [3.05, 3.63) is 40.7 Å². The molecule has 3 rings (SSSR count). The minimum atomic E-state index is 0.732. The number of hydrogen-bond donors (Lipinski definition) is 1. The molecule has 116 valence electrons. The Bertz CT molecular complexity index is 671. The lowest BCUT2D eigenvalue weighted by Crippen LogP contribution is -2.36. The monoisotopic (exact) mass is 318 g/mol. The predicted molar refractivity (Wildman–Crippen MR) is 89.3 cm³/mol. The number of anilines is 3. The molecule has 2 aromatic rings. The van der Waals surface area contributed by atoms with Gasteiger partial charge in [0.1, 0.15) is 17.5 Å². The highest BCUT2D eigenvalue weighted by Gasteiger charge is 2.14. The van der Waals surface area contributed by atoms with Gasteiger partial charge < -0.3 is 15.0 Å². The molecule has 2 heterocycles. The maximum atomic E-state index is 6.00. The molecule has 0 unspecified atom stereocenters. The first kappa shape index (κ1) is 15.1. The number of benzene rings is 1. The average molecular weight is 319 g/mol. The lowest BCUT2D eigenvalue weighted by Gasteiger charge is -2.28. The molecule has 6 heteroatoms. The molecule has 1 aliphatic heterocycles. The molecule has 0 amide bonds. The van der Waals surface area contributed by atoms with Crippen LogP contribution in [0.5, 0.6) is 0 Å². The zero-order valence-corrected chi connectivity index (χ0v) is 13.5. The molecule has 0 spiro atoms. The fraction of sp³-hybridized carbons (Fsp3) is 0.375. The molecular weight excluding hydrogens is 300 g/mol. The quantitative estimate of drug-likeness (QED) is 0.940. The van der Waals surface area contributed by atoms with Gasteiger partial charge >= 0.3 is 0 Å². The van der Waals surface area contributed by atoms with E-state index in [4.69, 9.17) is 16.3 Å². The summed E-state index contributed by atoms with van der Waals surface area (Å²) in [5, 5.41) is 4.08. The van der Waals surface area contributed by atoms with Crippen LogP contribution in [0.4, 0.5) is 17.3 Å². The Kier molecular flexibility index (Phi) is 4.45. The van der Waals surface area contributed by atoms with Crippen LogP contribution in [0.25, 0.3) is 0 Å². The highest BCUT2D eigenvalue weighted by Crippen LogP contribution is 2.24. The largest absolute Gasteiger partial charge is 0.378 e. The van der Waals surface area contributed by atoms with E-state index in [1.807, 2.05) is 38.1 Å². The van der Waals surface area contributed by atoms with Crippen LogP contribution in [0.15, 0.2) is 24.3 Å². The van der Waals surface area contributed by atoms with E-state index in [2.05, 4.69) is 20.2 Å². The van der Waals surface area contributed by atoms with Crippen LogP contribution in [0, 0.1) is 13.8 Å². The Morgan fingerprint density at radius 1 is 1.14 bits per heavy atom. The van der Waals surface area contributed by atoms with E-state index < -0.39 is 0 Å². The Labute approximate surface area is 135 Å². The minimum absolute atomic E-state index is 0.732. The molecule has 0 atom stereocenters. The van der Waals surface area contributed by atoms with Gasteiger partial charge in [-0.1, -0.05) is 11.6 Å². The Hall–Kier alpha value is -1.85. The van der Waals surface area contributed by atoms with Gasteiger partial charge in [0.15, 0.2) is 0 Å². The van der Waals surface area contributed by atoms with Crippen molar-refractivity contribution >= 4 is 28.9 Å². The van der Waals surface area contributed by atoms with Gasteiger partial charge in [-0.25, -0.2) is 9.97 Å². The summed E-state index contributed by atoms with van der Waals surface area (Å²) in [5.74, 6) is 2.47. The van der Waals surface area contributed by atoms with Crippen LogP contribution < -0.4 is 10.2 Å². The van der Waals surface area contributed by atoms with E-state index in [-0.39, 0.29) is 0 Å². The summed E-state index contributed by atoms with van der Waals surface area (Å²) in [7, 11) is 0. The SMILES string of the molecule is Cc1nc(Nc2ccc(Cl)cc2C)cc(N2CCOCC2)n1. The van der Waals surface area contributed by atoms with Gasteiger partial charge in [0.2, 0.25) is 0 Å². The molecule has 22 heavy (non-hydrogen) atoms. The number of rotatable bonds is 3. The van der Waals surface area contributed by atoms with Gasteiger partial charge in [0.25, 0.3) is 0 Å². The number of morpholine rings is 1. The van der Waals surface area contributed by atoms with Crippen LogP contribution in [0.1, 0.15) is 11.4 Å². The van der Waals surface area contributed by atoms with Gasteiger partial charge in [-0.3, -0.25) is 0 Å². The van der Waals surface area contributed by atoms with Gasteiger partial charge in [-0.2, -0.15) is 0 Å². The van der Waals surface area contributed by atoms with Crippen LogP contribution in [-0.2, 0) is 4.74 Å². The van der Waals surface area contributed by atoms with E-state index in [0.717, 1.165) is 60.0 Å². The van der Waals surface area contributed by atoms with Gasteiger partial charge in [-0.15, -0.1) is 0 Å². The third-order valence-electron chi connectivity index (χ3n) is 3.61. The molecule has 1 aromatic heterocycles. The fourth-order valence-electron chi connectivity index (χ4n) is 2.48. The van der Waals surface area contributed by atoms with Crippen LogP contribution in [-0.4, -0.2) is 36.3 Å². The standard InChI is InChI=1S/C16H19ClN4O/c1-11-9-13(17)3-4-14(11)20-15-10-16(19-12(2)18-15)21-5-7-22-8-6-21/h3-4,9-10H,5-8H2,1-2H3,(H,18,19,20). The molecule has 1 fully saturated rings. The molecule has 1 aliphatic rings. The predicted octanol–water partition coefficient (Wildman–Crippen LogP) is 3.33. The second-order valence-electron chi connectivity index (χ2n) is 5.34. The Morgan fingerprint density at radius 3 is 2.64 bits per heavy atom. The van der Waals surface area contributed by atoms with Crippen LogP contribution in [0.2, 0.25) is 5.02 Å². The highest BCUT2D eigenvalue weighted by atomic mass is 35.5. The first-order chi connectivity index (χ1) is 10.6. The summed E-state index contributed by atoms with van der Waals surface area (Å²) in [5.41, 5.74) is 2.08. The van der Waals surface area contributed by atoms with Gasteiger partial charge in [0.05, 0.1) is 13.2 Å². The number of halogens is 1. The number of aryl methyl sites for hydroxylation is 2.